The van der Waals surface area contributed by atoms with E-state index in [9.17, 15) is 14.3 Å². The highest BCUT2D eigenvalue weighted by Crippen LogP contribution is 2.21. The molecule has 1 atom stereocenters. The van der Waals surface area contributed by atoms with Crippen LogP contribution in [0, 0.1) is 5.82 Å². The average Bonchev–Trinajstić information content (AvgIpc) is 2.37. The van der Waals surface area contributed by atoms with Crippen LogP contribution in [0.15, 0.2) is 18.2 Å². The van der Waals surface area contributed by atoms with Gasteiger partial charge in [-0.2, -0.15) is 0 Å². The minimum absolute atomic E-state index is 0.0220. The van der Waals surface area contributed by atoms with E-state index >= 15 is 0 Å². The van der Waals surface area contributed by atoms with Crippen molar-refractivity contribution in [3.8, 4) is 5.75 Å². The third-order valence-corrected chi connectivity index (χ3v) is 2.43. The highest BCUT2D eigenvalue weighted by atomic mass is 19.1. The van der Waals surface area contributed by atoms with E-state index < -0.39 is 11.9 Å². The van der Waals surface area contributed by atoms with Gasteiger partial charge in [0.05, 0.1) is 12.7 Å². The molecule has 0 aliphatic carbocycles. The fourth-order valence-corrected chi connectivity index (χ4v) is 1.38. The smallest absolute Gasteiger partial charge is 0.258 e. The number of rotatable bonds is 7. The van der Waals surface area contributed by atoms with Crippen molar-refractivity contribution in [1.29, 1.82) is 0 Å². The van der Waals surface area contributed by atoms with Crippen LogP contribution in [-0.4, -0.2) is 37.9 Å². The van der Waals surface area contributed by atoms with Crippen molar-refractivity contribution >= 4 is 5.91 Å². The van der Waals surface area contributed by atoms with E-state index in [2.05, 4.69) is 5.32 Å². The molecule has 1 aromatic rings. The number of ether oxygens (including phenoxy) is 2. The minimum atomic E-state index is -0.749. The van der Waals surface area contributed by atoms with E-state index in [-0.39, 0.29) is 18.3 Å². The van der Waals surface area contributed by atoms with Gasteiger partial charge >= 0.3 is 0 Å². The molecule has 1 amide bonds. The summed E-state index contributed by atoms with van der Waals surface area (Å²) in [5.74, 6) is -0.981. The van der Waals surface area contributed by atoms with Gasteiger partial charge < -0.3 is 19.9 Å². The van der Waals surface area contributed by atoms with Gasteiger partial charge in [-0.25, -0.2) is 4.39 Å². The number of nitrogens with one attached hydrogen (secondary N) is 1. The van der Waals surface area contributed by atoms with Crippen LogP contribution in [-0.2, 0) is 9.53 Å². The normalized spacial score (nSPS) is 12.0. The fraction of sp³-hybridized carbons (Fsp3) is 0.462. The molecule has 0 fully saturated rings. The number of carbonyl (C=O) groups excluding carboxylic acids is 1. The summed E-state index contributed by atoms with van der Waals surface area (Å²) in [5, 5.41) is 11.8. The van der Waals surface area contributed by atoms with Gasteiger partial charge in [0.15, 0.2) is 18.2 Å². The molecule has 2 N–H and O–H groups in total. The summed E-state index contributed by atoms with van der Waals surface area (Å²) in [4.78, 5) is 11.3. The fourth-order valence-electron chi connectivity index (χ4n) is 1.38. The molecule has 0 unspecified atom stereocenters. The van der Waals surface area contributed by atoms with Crippen molar-refractivity contribution < 1.29 is 23.8 Å². The topological polar surface area (TPSA) is 67.8 Å². The van der Waals surface area contributed by atoms with Crippen molar-refractivity contribution in [1.82, 2.24) is 5.32 Å². The minimum Gasteiger partial charge on any atom is -0.481 e. The van der Waals surface area contributed by atoms with Crippen molar-refractivity contribution in [2.45, 2.75) is 13.0 Å². The van der Waals surface area contributed by atoms with Crippen molar-refractivity contribution in [3.63, 3.8) is 0 Å². The summed E-state index contributed by atoms with van der Waals surface area (Å²) < 4.78 is 23.4. The van der Waals surface area contributed by atoms with Crippen LogP contribution in [0.3, 0.4) is 0 Å². The van der Waals surface area contributed by atoms with Gasteiger partial charge in [-0.15, -0.1) is 0 Å². The molecule has 0 bridgehead atoms. The van der Waals surface area contributed by atoms with Gasteiger partial charge in [0.2, 0.25) is 0 Å². The summed E-state index contributed by atoms with van der Waals surface area (Å²) in [5.41, 5.74) is 0.453. The summed E-state index contributed by atoms with van der Waals surface area (Å²) >= 11 is 0. The number of halogens is 1. The second-order valence-corrected chi connectivity index (χ2v) is 4.00. The molecule has 0 spiro atoms. The zero-order valence-electron chi connectivity index (χ0n) is 11.0. The Morgan fingerprint density at radius 3 is 2.84 bits per heavy atom. The third kappa shape index (κ3) is 5.23. The number of amides is 1. The Hall–Kier alpha value is -1.66. The van der Waals surface area contributed by atoms with E-state index in [0.717, 1.165) is 0 Å². The molecule has 0 saturated carbocycles. The first kappa shape index (κ1) is 15.4. The van der Waals surface area contributed by atoms with Crippen LogP contribution in [0.25, 0.3) is 0 Å². The number of methoxy groups -OCH3 is 1. The van der Waals surface area contributed by atoms with E-state index in [1.807, 2.05) is 0 Å². The maximum Gasteiger partial charge on any atom is 0.258 e. The number of benzene rings is 1. The molecule has 1 aromatic carbocycles. The first-order valence-electron chi connectivity index (χ1n) is 5.90. The van der Waals surface area contributed by atoms with Crippen LogP contribution in [0.5, 0.6) is 5.75 Å². The van der Waals surface area contributed by atoms with Gasteiger partial charge in [-0.05, 0) is 24.6 Å². The standard InChI is InChI=1S/C13H18FNO4/c1-9(16)10-3-4-12(11(14)7-10)19-8-13(17)15-5-6-18-2/h3-4,7,9,16H,5-6,8H2,1-2H3,(H,15,17)/t9-/m0/s1. The lowest BCUT2D eigenvalue weighted by Gasteiger charge is -2.10. The number of carbonyl (C=O) groups is 1. The average molecular weight is 271 g/mol. The van der Waals surface area contributed by atoms with Gasteiger partial charge in [-0.1, -0.05) is 6.07 Å². The lowest BCUT2D eigenvalue weighted by atomic mass is 10.1. The molecule has 19 heavy (non-hydrogen) atoms. The molecule has 106 valence electrons. The molecular formula is C13H18FNO4. The number of aliphatic hydroxyl groups is 1. The Balaban J connectivity index is 2.47. The van der Waals surface area contributed by atoms with E-state index in [4.69, 9.17) is 9.47 Å². The number of hydrogen-bond acceptors (Lipinski definition) is 4. The SMILES string of the molecule is COCCNC(=O)COc1ccc([C@H](C)O)cc1F. The molecular weight excluding hydrogens is 253 g/mol. The lowest BCUT2D eigenvalue weighted by molar-refractivity contribution is -0.123. The first-order valence-corrected chi connectivity index (χ1v) is 5.90. The summed E-state index contributed by atoms with van der Waals surface area (Å²) in [6.07, 6.45) is -0.749. The Labute approximate surface area is 111 Å². The zero-order valence-corrected chi connectivity index (χ0v) is 11.0. The first-order chi connectivity index (χ1) is 9.04. The van der Waals surface area contributed by atoms with Crippen molar-refractivity contribution in [2.24, 2.45) is 0 Å². The molecule has 5 nitrogen and oxygen atoms in total. The van der Waals surface area contributed by atoms with Crippen LogP contribution in [0.2, 0.25) is 0 Å². The second kappa shape index (κ2) is 7.70. The molecule has 0 radical (unpaired) electrons. The Morgan fingerprint density at radius 1 is 1.53 bits per heavy atom. The Kier molecular flexibility index (Phi) is 6.24. The molecule has 1 rings (SSSR count). The second-order valence-electron chi connectivity index (χ2n) is 4.00. The number of aliphatic hydroxyl groups excluding tert-OH is 1. The molecule has 0 aromatic heterocycles. The maximum absolute atomic E-state index is 13.6. The zero-order chi connectivity index (χ0) is 14.3. The van der Waals surface area contributed by atoms with E-state index in [1.54, 1.807) is 13.0 Å². The van der Waals surface area contributed by atoms with Gasteiger partial charge in [0.25, 0.3) is 5.91 Å². The van der Waals surface area contributed by atoms with Crippen LogP contribution >= 0.6 is 0 Å². The van der Waals surface area contributed by atoms with Crippen LogP contribution < -0.4 is 10.1 Å². The van der Waals surface area contributed by atoms with Gasteiger partial charge in [-0.3, -0.25) is 4.79 Å². The monoisotopic (exact) mass is 271 g/mol. The predicted octanol–water partition coefficient (Wildman–Crippen LogP) is 1.02. The van der Waals surface area contributed by atoms with Crippen molar-refractivity contribution in [2.75, 3.05) is 26.9 Å². The Morgan fingerprint density at radius 2 is 2.26 bits per heavy atom. The molecule has 6 heteroatoms. The van der Waals surface area contributed by atoms with E-state index in [0.29, 0.717) is 18.7 Å². The number of hydrogen-bond donors (Lipinski definition) is 2. The third-order valence-electron chi connectivity index (χ3n) is 2.43. The van der Waals surface area contributed by atoms with Crippen LogP contribution in [0.1, 0.15) is 18.6 Å². The van der Waals surface area contributed by atoms with E-state index in [1.165, 1.54) is 19.2 Å². The summed E-state index contributed by atoms with van der Waals surface area (Å²) in [6.45, 7) is 2.05. The highest BCUT2D eigenvalue weighted by molar-refractivity contribution is 5.77. The highest BCUT2D eigenvalue weighted by Gasteiger charge is 2.09. The predicted molar refractivity (Wildman–Crippen MR) is 67.4 cm³/mol. The molecule has 0 heterocycles. The summed E-state index contributed by atoms with van der Waals surface area (Å²) in [6, 6.07) is 4.12. The molecule has 0 saturated heterocycles. The van der Waals surface area contributed by atoms with Gasteiger partial charge in [0, 0.05) is 13.7 Å². The molecule has 0 aliphatic heterocycles. The largest absolute Gasteiger partial charge is 0.481 e. The lowest BCUT2D eigenvalue weighted by Crippen LogP contribution is -2.31. The van der Waals surface area contributed by atoms with Gasteiger partial charge in [0.1, 0.15) is 0 Å². The quantitative estimate of drug-likeness (QED) is 0.727. The Bertz CT molecular complexity index is 423. The van der Waals surface area contributed by atoms with Crippen LogP contribution in [0.4, 0.5) is 4.39 Å². The summed E-state index contributed by atoms with van der Waals surface area (Å²) in [7, 11) is 1.53. The molecule has 0 aliphatic rings. The van der Waals surface area contributed by atoms with Crippen molar-refractivity contribution in [3.05, 3.63) is 29.6 Å². The maximum atomic E-state index is 13.6.